The van der Waals surface area contributed by atoms with E-state index in [4.69, 9.17) is 17.0 Å². The normalized spacial score (nSPS) is 19.2. The molecule has 0 unspecified atom stereocenters. The Kier molecular flexibility index (Phi) is 5.23. The first kappa shape index (κ1) is 13.9. The maximum absolute atomic E-state index is 5.51. The zero-order chi connectivity index (χ0) is 13.5. The number of thiocarbonyl (C=S) groups is 1. The Hall–Kier alpha value is -1.53. The van der Waals surface area contributed by atoms with Gasteiger partial charge < -0.3 is 10.1 Å². The molecule has 0 saturated carbocycles. The summed E-state index contributed by atoms with van der Waals surface area (Å²) in [6.45, 7) is 3.51. The van der Waals surface area contributed by atoms with E-state index in [1.165, 1.54) is 0 Å². The van der Waals surface area contributed by atoms with Gasteiger partial charge in [-0.15, -0.1) is 0 Å². The monoisotopic (exact) mass is 278 g/mol. The fourth-order valence-corrected chi connectivity index (χ4v) is 1.97. The molecule has 2 heterocycles. The summed E-state index contributed by atoms with van der Waals surface area (Å²) in [5.41, 5.74) is 4.72. The molecule has 2 N–H and O–H groups in total. The third-order valence-electron chi connectivity index (χ3n) is 2.94. The van der Waals surface area contributed by atoms with Gasteiger partial charge in [0.2, 0.25) is 0 Å². The average Bonchev–Trinajstić information content (AvgIpc) is 2.96. The van der Waals surface area contributed by atoms with Gasteiger partial charge in [0.15, 0.2) is 5.11 Å². The van der Waals surface area contributed by atoms with Crippen LogP contribution in [-0.2, 0) is 4.74 Å². The minimum Gasteiger partial charge on any atom is -0.376 e. The van der Waals surface area contributed by atoms with E-state index in [-0.39, 0.29) is 6.10 Å². The minimum atomic E-state index is 0.269. The number of ether oxygens (including phenoxy) is 1. The van der Waals surface area contributed by atoms with Crippen LogP contribution in [-0.4, -0.2) is 35.1 Å². The fraction of sp³-hybridized carbons (Fsp3) is 0.462. The summed E-state index contributed by atoms with van der Waals surface area (Å²) in [6, 6.07) is 3.81. The molecule has 0 radical (unpaired) electrons. The molecule has 1 atom stereocenters. The molecule has 1 aromatic heterocycles. The molecule has 0 aromatic carbocycles. The van der Waals surface area contributed by atoms with Crippen molar-refractivity contribution in [2.75, 3.05) is 13.2 Å². The van der Waals surface area contributed by atoms with Gasteiger partial charge in [0.25, 0.3) is 0 Å². The van der Waals surface area contributed by atoms with Gasteiger partial charge in [0, 0.05) is 31.1 Å². The SMILES string of the molecule is C/C(=N/NC(=S)NC[C@H]1CCCO1)c1ccncc1. The van der Waals surface area contributed by atoms with Crippen molar-refractivity contribution in [1.82, 2.24) is 15.7 Å². The molecular weight excluding hydrogens is 260 g/mol. The summed E-state index contributed by atoms with van der Waals surface area (Å²) in [6.07, 6.45) is 5.97. The summed E-state index contributed by atoms with van der Waals surface area (Å²) in [7, 11) is 0. The lowest BCUT2D eigenvalue weighted by molar-refractivity contribution is 0.114. The summed E-state index contributed by atoms with van der Waals surface area (Å²) in [4.78, 5) is 3.97. The van der Waals surface area contributed by atoms with E-state index in [1.54, 1.807) is 12.4 Å². The highest BCUT2D eigenvalue weighted by molar-refractivity contribution is 7.80. The smallest absolute Gasteiger partial charge is 0.187 e. The standard InChI is InChI=1S/C13H18N4OS/c1-10(11-4-6-14-7-5-11)16-17-13(19)15-9-12-3-2-8-18-12/h4-7,12H,2-3,8-9H2,1H3,(H2,15,17,19)/b16-10-/t12-/m1/s1. The van der Waals surface area contributed by atoms with E-state index in [1.807, 2.05) is 19.1 Å². The second kappa shape index (κ2) is 7.16. The number of pyridine rings is 1. The summed E-state index contributed by atoms with van der Waals surface area (Å²) in [5.74, 6) is 0. The molecule has 5 nitrogen and oxygen atoms in total. The molecule has 0 aliphatic carbocycles. The predicted octanol–water partition coefficient (Wildman–Crippen LogP) is 1.45. The molecule has 1 aromatic rings. The Morgan fingerprint density at radius 3 is 3.00 bits per heavy atom. The predicted molar refractivity (Wildman–Crippen MR) is 79.2 cm³/mol. The van der Waals surface area contributed by atoms with Crippen LogP contribution in [0.25, 0.3) is 0 Å². The lowest BCUT2D eigenvalue weighted by Gasteiger charge is -2.12. The van der Waals surface area contributed by atoms with Gasteiger partial charge in [0.05, 0.1) is 11.8 Å². The lowest BCUT2D eigenvalue weighted by Crippen LogP contribution is -2.37. The number of nitrogens with zero attached hydrogens (tertiary/aromatic N) is 2. The summed E-state index contributed by atoms with van der Waals surface area (Å²) >= 11 is 5.16. The highest BCUT2D eigenvalue weighted by atomic mass is 32.1. The molecule has 1 aliphatic heterocycles. The van der Waals surface area contributed by atoms with E-state index < -0.39 is 0 Å². The van der Waals surface area contributed by atoms with Gasteiger partial charge in [-0.1, -0.05) is 0 Å². The molecule has 0 amide bonds. The second-order valence-corrected chi connectivity index (χ2v) is 4.80. The van der Waals surface area contributed by atoms with Crippen LogP contribution < -0.4 is 10.7 Å². The molecule has 1 saturated heterocycles. The zero-order valence-electron chi connectivity index (χ0n) is 10.9. The number of hydrogen-bond acceptors (Lipinski definition) is 4. The van der Waals surface area contributed by atoms with E-state index in [9.17, 15) is 0 Å². The molecule has 1 aliphatic rings. The molecule has 2 rings (SSSR count). The van der Waals surface area contributed by atoms with Crippen molar-refractivity contribution in [1.29, 1.82) is 0 Å². The van der Waals surface area contributed by atoms with Crippen LogP contribution >= 0.6 is 12.2 Å². The highest BCUT2D eigenvalue weighted by Crippen LogP contribution is 2.10. The van der Waals surface area contributed by atoms with Crippen LogP contribution in [0.3, 0.4) is 0 Å². The Morgan fingerprint density at radius 2 is 2.32 bits per heavy atom. The summed E-state index contributed by atoms with van der Waals surface area (Å²) in [5, 5.41) is 7.86. The number of hydrogen-bond donors (Lipinski definition) is 2. The van der Waals surface area contributed by atoms with E-state index in [0.717, 1.165) is 37.3 Å². The first-order valence-corrected chi connectivity index (χ1v) is 6.76. The minimum absolute atomic E-state index is 0.269. The Morgan fingerprint density at radius 1 is 1.53 bits per heavy atom. The molecular formula is C13H18N4OS. The first-order chi connectivity index (χ1) is 9.25. The van der Waals surface area contributed by atoms with Gasteiger partial charge in [-0.2, -0.15) is 5.10 Å². The van der Waals surface area contributed by atoms with Crippen molar-refractivity contribution in [2.45, 2.75) is 25.9 Å². The van der Waals surface area contributed by atoms with Crippen LogP contribution in [0, 0.1) is 0 Å². The third kappa shape index (κ3) is 4.57. The quantitative estimate of drug-likeness (QED) is 0.496. The van der Waals surface area contributed by atoms with Crippen LogP contribution in [0.15, 0.2) is 29.6 Å². The van der Waals surface area contributed by atoms with Crippen LogP contribution in [0.4, 0.5) is 0 Å². The fourth-order valence-electron chi connectivity index (χ4n) is 1.84. The molecule has 102 valence electrons. The third-order valence-corrected chi connectivity index (χ3v) is 3.17. The maximum atomic E-state index is 5.51. The van der Waals surface area contributed by atoms with Gasteiger partial charge >= 0.3 is 0 Å². The molecule has 6 heteroatoms. The van der Waals surface area contributed by atoms with Crippen molar-refractivity contribution < 1.29 is 4.74 Å². The van der Waals surface area contributed by atoms with Crippen LogP contribution in [0.1, 0.15) is 25.3 Å². The van der Waals surface area contributed by atoms with Crippen molar-refractivity contribution in [3.63, 3.8) is 0 Å². The largest absolute Gasteiger partial charge is 0.376 e. The first-order valence-electron chi connectivity index (χ1n) is 6.36. The van der Waals surface area contributed by atoms with Gasteiger partial charge in [-0.3, -0.25) is 10.4 Å². The molecule has 0 spiro atoms. The highest BCUT2D eigenvalue weighted by Gasteiger charge is 2.14. The van der Waals surface area contributed by atoms with Crippen LogP contribution in [0.2, 0.25) is 0 Å². The molecule has 0 bridgehead atoms. The molecule has 19 heavy (non-hydrogen) atoms. The van der Waals surface area contributed by atoms with E-state index in [2.05, 4.69) is 20.8 Å². The number of rotatable bonds is 4. The van der Waals surface area contributed by atoms with Crippen molar-refractivity contribution in [3.8, 4) is 0 Å². The zero-order valence-corrected chi connectivity index (χ0v) is 11.7. The van der Waals surface area contributed by atoms with Gasteiger partial charge in [0.1, 0.15) is 0 Å². The maximum Gasteiger partial charge on any atom is 0.187 e. The Bertz CT molecular complexity index is 443. The van der Waals surface area contributed by atoms with Gasteiger partial charge in [-0.25, -0.2) is 0 Å². The average molecular weight is 278 g/mol. The lowest BCUT2D eigenvalue weighted by atomic mass is 10.2. The van der Waals surface area contributed by atoms with Crippen LogP contribution in [0.5, 0.6) is 0 Å². The van der Waals surface area contributed by atoms with Crippen molar-refractivity contribution in [2.24, 2.45) is 5.10 Å². The second-order valence-electron chi connectivity index (χ2n) is 4.39. The Balaban J connectivity index is 1.76. The molecule has 1 fully saturated rings. The van der Waals surface area contributed by atoms with E-state index >= 15 is 0 Å². The Labute approximate surface area is 118 Å². The summed E-state index contributed by atoms with van der Waals surface area (Å²) < 4.78 is 5.51. The number of nitrogens with one attached hydrogen (secondary N) is 2. The topological polar surface area (TPSA) is 58.5 Å². The van der Waals surface area contributed by atoms with Crippen molar-refractivity contribution >= 4 is 23.0 Å². The number of aromatic nitrogens is 1. The van der Waals surface area contributed by atoms with E-state index in [0.29, 0.717) is 5.11 Å². The number of hydrazone groups is 1. The van der Waals surface area contributed by atoms with Gasteiger partial charge in [-0.05, 0) is 44.1 Å². The van der Waals surface area contributed by atoms with Crippen molar-refractivity contribution in [3.05, 3.63) is 30.1 Å².